The van der Waals surface area contributed by atoms with Crippen LogP contribution in [0.1, 0.15) is 47.4 Å². The van der Waals surface area contributed by atoms with Gasteiger partial charge in [0.25, 0.3) is 0 Å². The summed E-state index contributed by atoms with van der Waals surface area (Å²) in [5.41, 5.74) is 3.21. The fraction of sp³-hybridized carbons (Fsp3) is 0.429. The Morgan fingerprint density at radius 2 is 2.21 bits per heavy atom. The first-order valence-electron chi connectivity index (χ1n) is 9.96. The predicted octanol–water partition coefficient (Wildman–Crippen LogP) is 3.03. The lowest BCUT2D eigenvalue weighted by Gasteiger charge is -2.28. The Kier molecular flexibility index (Phi) is 4.78. The maximum Gasteiger partial charge on any atom is 0.223 e. The van der Waals surface area contributed by atoms with Crippen LogP contribution >= 0.6 is 11.3 Å². The van der Waals surface area contributed by atoms with E-state index in [2.05, 4.69) is 21.4 Å². The molecule has 28 heavy (non-hydrogen) atoms. The molecule has 1 N–H and O–H groups in total. The van der Waals surface area contributed by atoms with Crippen LogP contribution in [0.5, 0.6) is 0 Å². The Bertz CT molecular complexity index is 978. The van der Waals surface area contributed by atoms with Gasteiger partial charge in [-0.3, -0.25) is 4.79 Å². The molecule has 7 heteroatoms. The van der Waals surface area contributed by atoms with Crippen LogP contribution < -0.4 is 5.32 Å². The maximum atomic E-state index is 12.7. The zero-order valence-corrected chi connectivity index (χ0v) is 16.5. The molecule has 0 radical (unpaired) electrons. The summed E-state index contributed by atoms with van der Waals surface area (Å²) in [7, 11) is 0. The Hall–Kier alpha value is -2.38. The van der Waals surface area contributed by atoms with E-state index in [4.69, 9.17) is 4.98 Å². The van der Waals surface area contributed by atoms with Gasteiger partial charge in [0, 0.05) is 44.1 Å². The molecule has 1 fully saturated rings. The minimum Gasteiger partial charge on any atom is -0.338 e. The second-order valence-electron chi connectivity index (χ2n) is 7.49. The molecule has 0 spiro atoms. The number of nitrogens with zero attached hydrogens (tertiary/aromatic N) is 4. The van der Waals surface area contributed by atoms with Crippen molar-refractivity contribution in [3.05, 3.63) is 52.6 Å². The number of fused-ring (bicyclic) bond motifs is 2. The van der Waals surface area contributed by atoms with Gasteiger partial charge >= 0.3 is 0 Å². The Morgan fingerprint density at radius 1 is 1.29 bits per heavy atom. The Morgan fingerprint density at radius 3 is 3.07 bits per heavy atom. The van der Waals surface area contributed by atoms with Crippen molar-refractivity contribution in [1.29, 1.82) is 0 Å². The Labute approximate surface area is 168 Å². The highest BCUT2D eigenvalue weighted by atomic mass is 32.1. The molecule has 0 aliphatic carbocycles. The van der Waals surface area contributed by atoms with E-state index in [0.717, 1.165) is 53.5 Å². The van der Waals surface area contributed by atoms with Crippen molar-refractivity contribution in [2.24, 2.45) is 0 Å². The van der Waals surface area contributed by atoms with Crippen LogP contribution in [-0.4, -0.2) is 38.8 Å². The number of carbonyl (C=O) groups is 1. The first-order valence-corrected chi connectivity index (χ1v) is 10.8. The van der Waals surface area contributed by atoms with Gasteiger partial charge in [0.2, 0.25) is 5.91 Å². The number of nitrogens with one attached hydrogen (secondary N) is 1. The van der Waals surface area contributed by atoms with E-state index in [-0.39, 0.29) is 5.91 Å². The van der Waals surface area contributed by atoms with E-state index in [9.17, 15) is 4.79 Å². The number of benzene rings is 1. The third-order valence-corrected chi connectivity index (χ3v) is 6.66. The van der Waals surface area contributed by atoms with Gasteiger partial charge in [-0.15, -0.1) is 11.3 Å². The van der Waals surface area contributed by atoms with Gasteiger partial charge in [0.05, 0.1) is 27.0 Å². The van der Waals surface area contributed by atoms with E-state index in [1.807, 2.05) is 29.3 Å². The molecule has 6 nitrogen and oxygen atoms in total. The van der Waals surface area contributed by atoms with Crippen LogP contribution in [0.25, 0.3) is 10.2 Å². The number of aromatic nitrogens is 3. The predicted molar refractivity (Wildman–Crippen MR) is 109 cm³/mol. The number of aryl methyl sites for hydroxylation is 1. The SMILES string of the molecule is O=C(CCc1nc2ccccc2s1)N1CCc2nc(C3CCCN3)ncc2C1. The molecule has 1 amide bonds. The summed E-state index contributed by atoms with van der Waals surface area (Å²) < 4.78 is 1.18. The highest BCUT2D eigenvalue weighted by molar-refractivity contribution is 7.18. The van der Waals surface area contributed by atoms with E-state index >= 15 is 0 Å². The van der Waals surface area contributed by atoms with Crippen LogP contribution in [0.15, 0.2) is 30.5 Å². The molecule has 2 aliphatic rings. The van der Waals surface area contributed by atoms with Crippen LogP contribution in [-0.2, 0) is 24.2 Å². The van der Waals surface area contributed by atoms with Gasteiger partial charge in [0.15, 0.2) is 0 Å². The van der Waals surface area contributed by atoms with Gasteiger partial charge in [-0.25, -0.2) is 15.0 Å². The monoisotopic (exact) mass is 393 g/mol. The summed E-state index contributed by atoms with van der Waals surface area (Å²) in [5.74, 6) is 1.10. The van der Waals surface area contributed by atoms with Crippen LogP contribution in [0.3, 0.4) is 0 Å². The average Bonchev–Trinajstić information content (AvgIpc) is 3.40. The summed E-state index contributed by atoms with van der Waals surface area (Å²) in [5, 5.41) is 4.49. The lowest BCUT2D eigenvalue weighted by atomic mass is 10.1. The lowest BCUT2D eigenvalue weighted by molar-refractivity contribution is -0.132. The molecule has 0 saturated carbocycles. The normalized spacial score (nSPS) is 19.1. The zero-order chi connectivity index (χ0) is 18.9. The first kappa shape index (κ1) is 17.7. The zero-order valence-electron chi connectivity index (χ0n) is 15.7. The standard InChI is InChI=1S/C21H23N5OS/c27-20(8-7-19-24-16-4-1-2-6-18(16)28-19)26-11-9-15-14(13-26)12-23-21(25-15)17-5-3-10-22-17/h1-2,4,6,12,17,22H,3,5,7-11,13H2. The number of rotatable bonds is 4. The minimum absolute atomic E-state index is 0.187. The number of amides is 1. The molecule has 144 valence electrons. The van der Waals surface area contributed by atoms with Crippen molar-refractivity contribution in [2.45, 2.75) is 44.7 Å². The number of hydrogen-bond acceptors (Lipinski definition) is 6. The number of para-hydroxylation sites is 1. The number of hydrogen-bond donors (Lipinski definition) is 1. The Balaban J connectivity index is 1.22. The van der Waals surface area contributed by atoms with Crippen molar-refractivity contribution in [3.63, 3.8) is 0 Å². The first-order chi connectivity index (χ1) is 13.8. The summed E-state index contributed by atoms with van der Waals surface area (Å²) in [6.07, 6.45) is 6.22. The van der Waals surface area contributed by atoms with Crippen LogP contribution in [0, 0.1) is 0 Å². The van der Waals surface area contributed by atoms with E-state index in [1.54, 1.807) is 11.3 Å². The molecule has 1 unspecified atom stereocenters. The average molecular weight is 394 g/mol. The highest BCUT2D eigenvalue weighted by Crippen LogP contribution is 2.25. The molecule has 2 aliphatic heterocycles. The van der Waals surface area contributed by atoms with Gasteiger partial charge < -0.3 is 10.2 Å². The molecule has 5 rings (SSSR count). The smallest absolute Gasteiger partial charge is 0.223 e. The van der Waals surface area contributed by atoms with Crippen molar-refractivity contribution < 1.29 is 4.79 Å². The molecular formula is C21H23N5OS. The van der Waals surface area contributed by atoms with Crippen molar-refractivity contribution >= 4 is 27.5 Å². The molecule has 1 saturated heterocycles. The summed E-state index contributed by atoms with van der Waals surface area (Å²) in [6.45, 7) is 2.40. The van der Waals surface area contributed by atoms with Gasteiger partial charge in [-0.2, -0.15) is 0 Å². The van der Waals surface area contributed by atoms with Gasteiger partial charge in [0.1, 0.15) is 5.82 Å². The second kappa shape index (κ2) is 7.56. The van der Waals surface area contributed by atoms with Crippen molar-refractivity contribution in [1.82, 2.24) is 25.2 Å². The summed E-state index contributed by atoms with van der Waals surface area (Å²) in [6, 6.07) is 8.41. The fourth-order valence-electron chi connectivity index (χ4n) is 4.02. The van der Waals surface area contributed by atoms with E-state index in [0.29, 0.717) is 25.4 Å². The molecule has 2 aromatic heterocycles. The number of thiazole rings is 1. The maximum absolute atomic E-state index is 12.7. The topological polar surface area (TPSA) is 71.0 Å². The van der Waals surface area contributed by atoms with Gasteiger partial charge in [-0.1, -0.05) is 12.1 Å². The highest BCUT2D eigenvalue weighted by Gasteiger charge is 2.25. The molecule has 4 heterocycles. The minimum atomic E-state index is 0.187. The van der Waals surface area contributed by atoms with Crippen LogP contribution in [0.2, 0.25) is 0 Å². The lowest BCUT2D eigenvalue weighted by Crippen LogP contribution is -2.37. The van der Waals surface area contributed by atoms with E-state index < -0.39 is 0 Å². The molecule has 1 atom stereocenters. The molecule has 0 bridgehead atoms. The van der Waals surface area contributed by atoms with Crippen LogP contribution in [0.4, 0.5) is 0 Å². The summed E-state index contributed by atoms with van der Waals surface area (Å²) >= 11 is 1.68. The third-order valence-electron chi connectivity index (χ3n) is 5.57. The van der Waals surface area contributed by atoms with Gasteiger partial charge in [-0.05, 0) is 31.5 Å². The molecular weight excluding hydrogens is 370 g/mol. The largest absolute Gasteiger partial charge is 0.338 e. The second-order valence-corrected chi connectivity index (χ2v) is 8.60. The van der Waals surface area contributed by atoms with E-state index in [1.165, 1.54) is 11.1 Å². The van der Waals surface area contributed by atoms with Crippen molar-refractivity contribution in [3.8, 4) is 0 Å². The fourth-order valence-corrected chi connectivity index (χ4v) is 4.98. The molecule has 1 aromatic carbocycles. The quantitative estimate of drug-likeness (QED) is 0.738. The third kappa shape index (κ3) is 3.52. The van der Waals surface area contributed by atoms with Crippen molar-refractivity contribution in [2.75, 3.05) is 13.1 Å². The molecule has 3 aromatic rings. The summed E-state index contributed by atoms with van der Waals surface area (Å²) in [4.78, 5) is 28.6. The number of carbonyl (C=O) groups excluding carboxylic acids is 1.